The van der Waals surface area contributed by atoms with Gasteiger partial charge >= 0.3 is 0 Å². The molecule has 0 bridgehead atoms. The van der Waals surface area contributed by atoms with Gasteiger partial charge in [-0.3, -0.25) is 0 Å². The van der Waals surface area contributed by atoms with Gasteiger partial charge in [-0.1, -0.05) is 6.92 Å². The highest BCUT2D eigenvalue weighted by Gasteiger charge is 2.39. The molecular weight excluding hydrogens is 216 g/mol. The number of hydrogen-bond acceptors (Lipinski definition) is 6. The average molecular weight is 236 g/mol. The fraction of sp³-hybridized carbons (Fsp3) is 0.636. The molecule has 1 aromatic rings. The smallest absolute Gasteiger partial charge is 0.223 e. The second-order valence-electron chi connectivity index (χ2n) is 4.79. The Balaban J connectivity index is 2.28. The molecule has 6 nitrogen and oxygen atoms in total. The molecule has 1 aliphatic rings. The minimum absolute atomic E-state index is 0.152. The Hall–Kier alpha value is -1.56. The number of nitrogen functional groups attached to an aromatic ring is 2. The molecule has 94 valence electrons. The van der Waals surface area contributed by atoms with Crippen LogP contribution in [0.1, 0.15) is 19.4 Å². The summed E-state index contributed by atoms with van der Waals surface area (Å²) in [6.45, 7) is 6.05. The summed E-state index contributed by atoms with van der Waals surface area (Å²) < 4.78 is 0. The van der Waals surface area contributed by atoms with E-state index in [1.54, 1.807) is 0 Å². The minimum Gasteiger partial charge on any atom is -0.383 e. The van der Waals surface area contributed by atoms with Crippen molar-refractivity contribution in [3.8, 4) is 0 Å². The third kappa shape index (κ3) is 2.00. The molecule has 0 atom stereocenters. The van der Waals surface area contributed by atoms with Crippen LogP contribution < -0.4 is 21.7 Å². The Bertz CT molecular complexity index is 424. The molecule has 1 saturated heterocycles. The molecule has 1 fully saturated rings. The third-order valence-corrected chi connectivity index (χ3v) is 3.37. The number of anilines is 3. The van der Waals surface area contributed by atoms with Crippen LogP contribution in [0.3, 0.4) is 0 Å². The maximum atomic E-state index is 5.88. The van der Waals surface area contributed by atoms with Crippen LogP contribution in [0.4, 0.5) is 17.6 Å². The zero-order valence-electron chi connectivity index (χ0n) is 10.6. The molecule has 2 rings (SSSR count). The van der Waals surface area contributed by atoms with E-state index in [-0.39, 0.29) is 11.5 Å². The molecule has 1 aliphatic heterocycles. The van der Waals surface area contributed by atoms with Gasteiger partial charge in [-0.2, -0.15) is 9.97 Å². The summed E-state index contributed by atoms with van der Waals surface area (Å²) in [5.41, 5.74) is 12.7. The Morgan fingerprint density at radius 3 is 2.53 bits per heavy atom. The van der Waals surface area contributed by atoms with Crippen LogP contribution in [-0.4, -0.2) is 35.6 Å². The van der Waals surface area contributed by atoms with Crippen molar-refractivity contribution < 1.29 is 0 Å². The van der Waals surface area contributed by atoms with E-state index < -0.39 is 0 Å². The fourth-order valence-corrected chi connectivity index (χ4v) is 2.21. The van der Waals surface area contributed by atoms with Crippen LogP contribution in [0.2, 0.25) is 0 Å². The van der Waals surface area contributed by atoms with Gasteiger partial charge in [0.05, 0.1) is 5.54 Å². The molecule has 0 radical (unpaired) electrons. The molecule has 2 heterocycles. The number of nitrogens with zero attached hydrogens (tertiary/aromatic N) is 3. The van der Waals surface area contributed by atoms with Gasteiger partial charge in [-0.15, -0.1) is 0 Å². The molecule has 0 spiro atoms. The summed E-state index contributed by atoms with van der Waals surface area (Å²) in [5.74, 6) is 1.62. The molecule has 0 amide bonds. The molecule has 0 aromatic carbocycles. The van der Waals surface area contributed by atoms with E-state index in [1.807, 2.05) is 14.0 Å². The number of rotatable bonds is 3. The quantitative estimate of drug-likeness (QED) is 0.684. The number of likely N-dealkylation sites (N-methyl/N-ethyl adjacent to an activating group) is 1. The van der Waals surface area contributed by atoms with E-state index in [0.29, 0.717) is 5.82 Å². The average Bonchev–Trinajstić information content (AvgIpc) is 2.24. The van der Waals surface area contributed by atoms with E-state index in [4.69, 9.17) is 11.5 Å². The lowest BCUT2D eigenvalue weighted by Crippen LogP contribution is -2.67. The molecule has 0 unspecified atom stereocenters. The van der Waals surface area contributed by atoms with Gasteiger partial charge in [0.15, 0.2) is 0 Å². The van der Waals surface area contributed by atoms with Gasteiger partial charge in [-0.05, 0) is 20.4 Å². The first-order valence-electron chi connectivity index (χ1n) is 5.85. The monoisotopic (exact) mass is 236 g/mol. The lowest BCUT2D eigenvalue weighted by atomic mass is 9.92. The Labute approximate surface area is 101 Å². The summed E-state index contributed by atoms with van der Waals surface area (Å²) in [4.78, 5) is 10.5. The van der Waals surface area contributed by atoms with Gasteiger partial charge in [0.1, 0.15) is 11.6 Å². The fourth-order valence-electron chi connectivity index (χ4n) is 2.21. The lowest BCUT2D eigenvalue weighted by Gasteiger charge is -2.49. The Morgan fingerprint density at radius 1 is 1.35 bits per heavy atom. The van der Waals surface area contributed by atoms with Gasteiger partial charge in [0.2, 0.25) is 5.95 Å². The molecule has 0 aliphatic carbocycles. The lowest BCUT2D eigenvalue weighted by molar-refractivity contribution is 0.301. The van der Waals surface area contributed by atoms with Gasteiger partial charge in [0, 0.05) is 18.7 Å². The van der Waals surface area contributed by atoms with Crippen molar-refractivity contribution in [3.05, 3.63) is 5.56 Å². The summed E-state index contributed by atoms with van der Waals surface area (Å²) in [5, 5.41) is 3.30. The Kier molecular flexibility index (Phi) is 2.82. The topological polar surface area (TPSA) is 93.1 Å². The van der Waals surface area contributed by atoms with E-state index >= 15 is 0 Å². The summed E-state index contributed by atoms with van der Waals surface area (Å²) in [6, 6.07) is 0. The van der Waals surface area contributed by atoms with Gasteiger partial charge < -0.3 is 21.7 Å². The normalized spacial score (nSPS) is 17.9. The Morgan fingerprint density at radius 2 is 2.00 bits per heavy atom. The van der Waals surface area contributed by atoms with Crippen molar-refractivity contribution in [3.63, 3.8) is 0 Å². The molecule has 5 N–H and O–H groups in total. The first kappa shape index (κ1) is 11.9. The molecule has 0 saturated carbocycles. The summed E-state index contributed by atoms with van der Waals surface area (Å²) in [6.07, 6.45) is 0.814. The number of nitrogens with one attached hydrogen (secondary N) is 1. The van der Waals surface area contributed by atoms with E-state index in [9.17, 15) is 0 Å². The van der Waals surface area contributed by atoms with E-state index in [1.165, 1.54) is 0 Å². The highest BCUT2D eigenvalue weighted by molar-refractivity contribution is 5.61. The van der Waals surface area contributed by atoms with Crippen molar-refractivity contribution in [2.45, 2.75) is 25.8 Å². The second kappa shape index (κ2) is 4.03. The van der Waals surface area contributed by atoms with Crippen LogP contribution in [0.5, 0.6) is 0 Å². The van der Waals surface area contributed by atoms with Gasteiger partial charge in [0.25, 0.3) is 0 Å². The minimum atomic E-state index is 0.152. The van der Waals surface area contributed by atoms with Gasteiger partial charge in [-0.25, -0.2) is 0 Å². The largest absolute Gasteiger partial charge is 0.383 e. The SMILES string of the molecule is CCc1c(N)nc(N)nc1N1CC(C)(NC)C1. The van der Waals surface area contributed by atoms with Crippen LogP contribution in [0, 0.1) is 0 Å². The van der Waals surface area contributed by atoms with Crippen molar-refractivity contribution in [2.75, 3.05) is 36.5 Å². The number of nitrogens with two attached hydrogens (primary N) is 2. The van der Waals surface area contributed by atoms with Crippen molar-refractivity contribution in [1.29, 1.82) is 0 Å². The molecule has 17 heavy (non-hydrogen) atoms. The maximum Gasteiger partial charge on any atom is 0.223 e. The zero-order chi connectivity index (χ0) is 12.6. The van der Waals surface area contributed by atoms with Crippen molar-refractivity contribution >= 4 is 17.6 Å². The molecule has 1 aromatic heterocycles. The summed E-state index contributed by atoms with van der Waals surface area (Å²) >= 11 is 0. The number of aromatic nitrogens is 2. The zero-order valence-corrected chi connectivity index (χ0v) is 10.6. The summed E-state index contributed by atoms with van der Waals surface area (Å²) in [7, 11) is 1.97. The van der Waals surface area contributed by atoms with Crippen LogP contribution in [-0.2, 0) is 6.42 Å². The predicted octanol–water partition coefficient (Wildman–Crippen LogP) is 0.00150. The van der Waals surface area contributed by atoms with E-state index in [0.717, 1.165) is 30.9 Å². The maximum absolute atomic E-state index is 5.88. The molecule has 6 heteroatoms. The highest BCUT2D eigenvalue weighted by atomic mass is 15.3. The van der Waals surface area contributed by atoms with Crippen molar-refractivity contribution in [2.24, 2.45) is 0 Å². The predicted molar refractivity (Wildman–Crippen MR) is 69.9 cm³/mol. The third-order valence-electron chi connectivity index (χ3n) is 3.37. The standard InChI is InChI=1S/C11H20N6/c1-4-7-8(12)15-10(13)16-9(7)17-5-11(2,6-17)14-3/h14H,4-6H2,1-3H3,(H4,12,13,15,16). The van der Waals surface area contributed by atoms with Crippen molar-refractivity contribution in [1.82, 2.24) is 15.3 Å². The van der Waals surface area contributed by atoms with Crippen LogP contribution in [0.15, 0.2) is 0 Å². The highest BCUT2D eigenvalue weighted by Crippen LogP contribution is 2.31. The molecular formula is C11H20N6. The second-order valence-corrected chi connectivity index (χ2v) is 4.79. The number of hydrogen-bond donors (Lipinski definition) is 3. The van der Waals surface area contributed by atoms with Crippen LogP contribution >= 0.6 is 0 Å². The first-order chi connectivity index (χ1) is 7.99. The van der Waals surface area contributed by atoms with E-state index in [2.05, 4.69) is 27.1 Å². The van der Waals surface area contributed by atoms with Crippen LogP contribution in [0.25, 0.3) is 0 Å². The first-order valence-corrected chi connectivity index (χ1v) is 5.85.